The van der Waals surface area contributed by atoms with E-state index in [1.54, 1.807) is 31.5 Å². The van der Waals surface area contributed by atoms with Gasteiger partial charge < -0.3 is 15.7 Å². The number of urea groups is 1. The average Bonchev–Trinajstić information content (AvgIpc) is 2.57. The first-order valence-corrected chi connectivity index (χ1v) is 7.14. The van der Waals surface area contributed by atoms with Gasteiger partial charge in [-0.1, -0.05) is 0 Å². The number of pyridine rings is 1. The minimum atomic E-state index is -1.61. The monoisotopic (exact) mass is 339 g/mol. The highest BCUT2D eigenvalue weighted by molar-refractivity contribution is 5.75. The third-order valence-electron chi connectivity index (χ3n) is 3.45. The van der Waals surface area contributed by atoms with Crippen molar-refractivity contribution in [2.45, 2.75) is 19.0 Å². The predicted octanol–water partition coefficient (Wildman–Crippen LogP) is 2.59. The quantitative estimate of drug-likeness (QED) is 0.733. The van der Waals surface area contributed by atoms with Gasteiger partial charge in [-0.05, 0) is 42.3 Å². The van der Waals surface area contributed by atoms with Crippen molar-refractivity contribution in [2.75, 3.05) is 6.61 Å². The van der Waals surface area contributed by atoms with Crippen LogP contribution in [0.25, 0.3) is 0 Å². The second-order valence-corrected chi connectivity index (χ2v) is 5.15. The second kappa shape index (κ2) is 7.78. The molecule has 2 aromatic rings. The van der Waals surface area contributed by atoms with E-state index in [1.807, 2.05) is 0 Å². The highest BCUT2D eigenvalue weighted by atomic mass is 19.2. The molecule has 0 spiro atoms. The highest BCUT2D eigenvalue weighted by Gasteiger charge is 2.19. The summed E-state index contributed by atoms with van der Waals surface area (Å²) in [6.07, 6.45) is 3.15. The smallest absolute Gasteiger partial charge is 0.315 e. The van der Waals surface area contributed by atoms with Crippen molar-refractivity contribution in [1.82, 2.24) is 15.6 Å². The lowest BCUT2D eigenvalue weighted by atomic mass is 10.1. The van der Waals surface area contributed by atoms with Crippen LogP contribution in [-0.4, -0.2) is 22.7 Å². The van der Waals surface area contributed by atoms with Crippen LogP contribution in [0.2, 0.25) is 0 Å². The zero-order valence-corrected chi connectivity index (χ0v) is 12.8. The van der Waals surface area contributed by atoms with Gasteiger partial charge in [0.25, 0.3) is 0 Å². The maximum Gasteiger partial charge on any atom is 0.315 e. The number of halogens is 3. The highest BCUT2D eigenvalue weighted by Crippen LogP contribution is 2.19. The van der Waals surface area contributed by atoms with E-state index < -0.39 is 36.1 Å². The van der Waals surface area contributed by atoms with Crippen LogP contribution in [0.15, 0.2) is 36.7 Å². The number of aliphatic hydroxyl groups excluding tert-OH is 1. The molecular formula is C16H16F3N3O2. The van der Waals surface area contributed by atoms with E-state index in [1.165, 1.54) is 0 Å². The molecule has 0 aliphatic heterocycles. The Morgan fingerprint density at radius 2 is 1.71 bits per heavy atom. The molecule has 1 aromatic heterocycles. The topological polar surface area (TPSA) is 74.2 Å². The Morgan fingerprint density at radius 1 is 1.12 bits per heavy atom. The van der Waals surface area contributed by atoms with Crippen LogP contribution in [0.3, 0.4) is 0 Å². The fourth-order valence-electron chi connectivity index (χ4n) is 2.14. The van der Waals surface area contributed by atoms with Gasteiger partial charge in [-0.15, -0.1) is 0 Å². The standard InChI is InChI=1S/C16H16F3N3O2/c1-9(10-2-4-20-5-3-10)21-16(24)22-14(8-23)11-6-12(17)15(19)13(18)7-11/h2-7,9,14,23H,8H2,1H3,(H2,21,22,24). The number of carbonyl (C=O) groups excluding carboxylic acids is 1. The SMILES string of the molecule is CC(NC(=O)NC(CO)c1cc(F)c(F)c(F)c1)c1ccncc1. The maximum atomic E-state index is 13.3. The van der Waals surface area contributed by atoms with Crippen molar-refractivity contribution in [3.63, 3.8) is 0 Å². The molecular weight excluding hydrogens is 323 g/mol. The van der Waals surface area contributed by atoms with E-state index in [0.717, 1.165) is 17.7 Å². The van der Waals surface area contributed by atoms with Gasteiger partial charge in [-0.25, -0.2) is 18.0 Å². The number of hydrogen-bond acceptors (Lipinski definition) is 3. The lowest BCUT2D eigenvalue weighted by Gasteiger charge is -2.20. The number of nitrogens with zero attached hydrogens (tertiary/aromatic N) is 1. The largest absolute Gasteiger partial charge is 0.394 e. The van der Waals surface area contributed by atoms with Crippen molar-refractivity contribution in [3.8, 4) is 0 Å². The summed E-state index contributed by atoms with van der Waals surface area (Å²) in [7, 11) is 0. The number of rotatable bonds is 5. The van der Waals surface area contributed by atoms with Gasteiger partial charge in [0.1, 0.15) is 0 Å². The van der Waals surface area contributed by atoms with Gasteiger partial charge in [-0.3, -0.25) is 4.98 Å². The zero-order valence-electron chi connectivity index (χ0n) is 12.8. The van der Waals surface area contributed by atoms with Crippen molar-refractivity contribution >= 4 is 6.03 Å². The molecule has 2 atom stereocenters. The van der Waals surface area contributed by atoms with Crippen LogP contribution in [0.1, 0.15) is 30.1 Å². The number of carbonyl (C=O) groups is 1. The van der Waals surface area contributed by atoms with E-state index in [0.29, 0.717) is 0 Å². The Morgan fingerprint density at radius 3 is 2.25 bits per heavy atom. The lowest BCUT2D eigenvalue weighted by Crippen LogP contribution is -2.40. The van der Waals surface area contributed by atoms with Crippen LogP contribution in [0, 0.1) is 17.5 Å². The number of nitrogens with one attached hydrogen (secondary N) is 2. The van der Waals surface area contributed by atoms with Gasteiger partial charge in [0.2, 0.25) is 0 Å². The maximum absolute atomic E-state index is 13.3. The van der Waals surface area contributed by atoms with Crippen LogP contribution in [-0.2, 0) is 0 Å². The Hall–Kier alpha value is -2.61. The summed E-state index contributed by atoms with van der Waals surface area (Å²) in [6, 6.07) is 2.81. The zero-order chi connectivity index (χ0) is 17.7. The molecule has 0 bridgehead atoms. The van der Waals surface area contributed by atoms with E-state index in [4.69, 9.17) is 0 Å². The third-order valence-corrected chi connectivity index (χ3v) is 3.45. The molecule has 0 saturated carbocycles. The number of aromatic nitrogens is 1. The Labute approximate surface area is 136 Å². The fourth-order valence-corrected chi connectivity index (χ4v) is 2.14. The summed E-state index contributed by atoms with van der Waals surface area (Å²) >= 11 is 0. The van der Waals surface area contributed by atoms with Crippen molar-refractivity contribution in [1.29, 1.82) is 0 Å². The van der Waals surface area contributed by atoms with Crippen molar-refractivity contribution in [3.05, 3.63) is 65.2 Å². The fraction of sp³-hybridized carbons (Fsp3) is 0.250. The molecule has 1 heterocycles. The molecule has 0 saturated heterocycles. The van der Waals surface area contributed by atoms with Crippen LogP contribution >= 0.6 is 0 Å². The minimum Gasteiger partial charge on any atom is -0.394 e. The summed E-state index contributed by atoms with van der Waals surface area (Å²) in [6.45, 7) is 1.13. The first-order valence-electron chi connectivity index (χ1n) is 7.14. The molecule has 2 rings (SSSR count). The van der Waals surface area contributed by atoms with Gasteiger partial charge in [0.05, 0.1) is 18.7 Å². The number of amides is 2. The minimum absolute atomic E-state index is 0.0828. The molecule has 3 N–H and O–H groups in total. The Balaban J connectivity index is 2.06. The molecule has 0 fully saturated rings. The lowest BCUT2D eigenvalue weighted by molar-refractivity contribution is 0.214. The average molecular weight is 339 g/mol. The predicted molar refractivity (Wildman–Crippen MR) is 80.5 cm³/mol. The molecule has 5 nitrogen and oxygen atoms in total. The molecule has 2 amide bonds. The van der Waals surface area contributed by atoms with Crippen molar-refractivity contribution < 1.29 is 23.1 Å². The van der Waals surface area contributed by atoms with Crippen LogP contribution < -0.4 is 10.6 Å². The van der Waals surface area contributed by atoms with Crippen LogP contribution in [0.4, 0.5) is 18.0 Å². The van der Waals surface area contributed by atoms with Gasteiger partial charge >= 0.3 is 6.03 Å². The third kappa shape index (κ3) is 4.23. The first kappa shape index (κ1) is 17.7. The number of benzene rings is 1. The van der Waals surface area contributed by atoms with Crippen molar-refractivity contribution in [2.24, 2.45) is 0 Å². The first-order chi connectivity index (χ1) is 11.4. The van der Waals surface area contributed by atoms with Gasteiger partial charge in [0.15, 0.2) is 17.5 Å². The van der Waals surface area contributed by atoms with Gasteiger partial charge in [0, 0.05) is 12.4 Å². The number of aliphatic hydroxyl groups is 1. The molecule has 0 aliphatic carbocycles. The summed E-state index contributed by atoms with van der Waals surface area (Å²) in [4.78, 5) is 15.9. The second-order valence-electron chi connectivity index (χ2n) is 5.15. The summed E-state index contributed by atoms with van der Waals surface area (Å²) in [5, 5.41) is 14.3. The molecule has 0 radical (unpaired) electrons. The molecule has 1 aromatic carbocycles. The van der Waals surface area contributed by atoms with E-state index in [-0.39, 0.29) is 11.6 Å². The van der Waals surface area contributed by atoms with E-state index in [2.05, 4.69) is 15.6 Å². The molecule has 2 unspecified atom stereocenters. The number of hydrogen-bond donors (Lipinski definition) is 3. The normalized spacial score (nSPS) is 13.2. The molecule has 8 heteroatoms. The molecule has 0 aliphatic rings. The van der Waals surface area contributed by atoms with Crippen LogP contribution in [0.5, 0.6) is 0 Å². The Kier molecular flexibility index (Phi) is 5.75. The summed E-state index contributed by atoms with van der Waals surface area (Å²) < 4.78 is 39.5. The Bertz CT molecular complexity index is 690. The summed E-state index contributed by atoms with van der Waals surface area (Å²) in [5.41, 5.74) is 0.722. The van der Waals surface area contributed by atoms with Gasteiger partial charge in [-0.2, -0.15) is 0 Å². The molecule has 24 heavy (non-hydrogen) atoms. The van der Waals surface area contributed by atoms with E-state index >= 15 is 0 Å². The summed E-state index contributed by atoms with van der Waals surface area (Å²) in [5.74, 6) is -4.39. The molecule has 128 valence electrons. The van der Waals surface area contributed by atoms with E-state index in [9.17, 15) is 23.1 Å².